The predicted molar refractivity (Wildman–Crippen MR) is 55.1 cm³/mol. The summed E-state index contributed by atoms with van der Waals surface area (Å²) in [5.74, 6) is -0.241. The normalized spacial score (nSPS) is 9.79. The van der Waals surface area contributed by atoms with Crippen LogP contribution in [0.4, 0.5) is 0 Å². The molecule has 0 fully saturated rings. The molecule has 0 atom stereocenters. The van der Waals surface area contributed by atoms with E-state index in [-0.39, 0.29) is 5.97 Å². The van der Waals surface area contributed by atoms with E-state index in [0.717, 1.165) is 19.3 Å². The van der Waals surface area contributed by atoms with E-state index in [9.17, 15) is 4.79 Å². The second kappa shape index (κ2) is 6.19. The second-order valence-corrected chi connectivity index (χ2v) is 3.13. The maximum atomic E-state index is 11.4. The van der Waals surface area contributed by atoms with Gasteiger partial charge >= 0.3 is 5.97 Å². The molecule has 1 radical (unpaired) electrons. The van der Waals surface area contributed by atoms with E-state index in [1.54, 1.807) is 24.3 Å². The van der Waals surface area contributed by atoms with E-state index in [1.807, 2.05) is 0 Å². The maximum absolute atomic E-state index is 11.4. The third kappa shape index (κ3) is 3.60. The van der Waals surface area contributed by atoms with Crippen LogP contribution in [0.5, 0.6) is 0 Å². The number of carbonyl (C=O) groups excluding carboxylic acids is 1. The van der Waals surface area contributed by atoms with Crippen molar-refractivity contribution < 1.29 is 9.53 Å². The van der Waals surface area contributed by atoms with E-state index in [2.05, 4.69) is 13.0 Å². The van der Waals surface area contributed by atoms with Gasteiger partial charge in [0.1, 0.15) is 0 Å². The number of unbranched alkanes of at least 4 members (excludes halogenated alkanes) is 2. The van der Waals surface area contributed by atoms with Gasteiger partial charge in [0, 0.05) is 0 Å². The van der Waals surface area contributed by atoms with Crippen LogP contribution in [0.15, 0.2) is 24.3 Å². The van der Waals surface area contributed by atoms with E-state index >= 15 is 0 Å². The molecule has 0 saturated heterocycles. The quantitative estimate of drug-likeness (QED) is 0.528. The van der Waals surface area contributed by atoms with Gasteiger partial charge in [-0.05, 0) is 24.6 Å². The number of benzene rings is 1. The van der Waals surface area contributed by atoms with Crippen molar-refractivity contribution in [3.05, 3.63) is 35.9 Å². The molecule has 0 amide bonds. The summed E-state index contributed by atoms with van der Waals surface area (Å²) in [6.07, 6.45) is 3.19. The topological polar surface area (TPSA) is 26.3 Å². The first-order chi connectivity index (χ1) is 6.84. The molecule has 0 bridgehead atoms. The first-order valence-electron chi connectivity index (χ1n) is 4.98. The zero-order valence-electron chi connectivity index (χ0n) is 8.45. The van der Waals surface area contributed by atoms with Crippen LogP contribution in [0.3, 0.4) is 0 Å². The van der Waals surface area contributed by atoms with Gasteiger partial charge in [0.05, 0.1) is 12.2 Å². The fraction of sp³-hybridized carbons (Fsp3) is 0.417. The Balaban J connectivity index is 2.29. The lowest BCUT2D eigenvalue weighted by Gasteiger charge is -2.03. The molecule has 2 nitrogen and oxygen atoms in total. The van der Waals surface area contributed by atoms with Crippen LogP contribution in [0.2, 0.25) is 0 Å². The molecule has 0 aliphatic rings. The minimum Gasteiger partial charge on any atom is -0.462 e. The lowest BCUT2D eigenvalue weighted by molar-refractivity contribution is 0.0498. The molecule has 0 saturated carbocycles. The van der Waals surface area contributed by atoms with Gasteiger partial charge in [0.25, 0.3) is 0 Å². The molecule has 0 aliphatic carbocycles. The Bertz CT molecular complexity index is 267. The first-order valence-corrected chi connectivity index (χ1v) is 4.98. The van der Waals surface area contributed by atoms with Crippen LogP contribution < -0.4 is 0 Å². The van der Waals surface area contributed by atoms with Crippen LogP contribution >= 0.6 is 0 Å². The first kappa shape index (κ1) is 10.8. The fourth-order valence-electron chi connectivity index (χ4n) is 1.12. The van der Waals surface area contributed by atoms with Crippen molar-refractivity contribution in [2.45, 2.75) is 26.2 Å². The Hall–Kier alpha value is -1.31. The molecule has 0 N–H and O–H groups in total. The van der Waals surface area contributed by atoms with Crippen molar-refractivity contribution in [3.8, 4) is 0 Å². The highest BCUT2D eigenvalue weighted by Crippen LogP contribution is 2.02. The maximum Gasteiger partial charge on any atom is 0.338 e. The highest BCUT2D eigenvalue weighted by Gasteiger charge is 2.04. The van der Waals surface area contributed by atoms with E-state index < -0.39 is 0 Å². The summed E-state index contributed by atoms with van der Waals surface area (Å²) >= 11 is 0. The standard InChI is InChI=1S/C12H15O2/c1-2-3-7-10-14-12(13)11-8-5-4-6-9-11/h5-6,8-9H,2-3,7,10H2,1H3. The summed E-state index contributed by atoms with van der Waals surface area (Å²) in [6, 6.07) is 9.70. The van der Waals surface area contributed by atoms with E-state index in [4.69, 9.17) is 4.74 Å². The molecule has 14 heavy (non-hydrogen) atoms. The number of hydrogen-bond donors (Lipinski definition) is 0. The van der Waals surface area contributed by atoms with Gasteiger partial charge in [-0.3, -0.25) is 0 Å². The van der Waals surface area contributed by atoms with Gasteiger partial charge in [0.15, 0.2) is 0 Å². The molecular formula is C12H15O2. The molecule has 0 unspecified atom stereocenters. The van der Waals surface area contributed by atoms with Crippen molar-refractivity contribution in [3.63, 3.8) is 0 Å². The third-order valence-electron chi connectivity index (χ3n) is 1.93. The Morgan fingerprint density at radius 2 is 2.07 bits per heavy atom. The van der Waals surface area contributed by atoms with Crippen LogP contribution in [0, 0.1) is 6.07 Å². The van der Waals surface area contributed by atoms with Gasteiger partial charge in [-0.25, -0.2) is 4.79 Å². The third-order valence-corrected chi connectivity index (χ3v) is 1.93. The largest absolute Gasteiger partial charge is 0.462 e. The Labute approximate surface area is 84.9 Å². The molecule has 1 aromatic carbocycles. The smallest absolute Gasteiger partial charge is 0.338 e. The van der Waals surface area contributed by atoms with Crippen LogP contribution in [0.1, 0.15) is 36.5 Å². The van der Waals surface area contributed by atoms with Crippen molar-refractivity contribution >= 4 is 5.97 Å². The predicted octanol–water partition coefficient (Wildman–Crippen LogP) is 2.83. The summed E-state index contributed by atoms with van der Waals surface area (Å²) in [7, 11) is 0. The lowest BCUT2D eigenvalue weighted by Crippen LogP contribution is -2.05. The highest BCUT2D eigenvalue weighted by molar-refractivity contribution is 5.89. The SMILES string of the molecule is CCCCCOC(=O)c1cc[c]cc1. The van der Waals surface area contributed by atoms with Gasteiger partial charge < -0.3 is 4.74 Å². The van der Waals surface area contributed by atoms with Gasteiger partial charge in [-0.15, -0.1) is 0 Å². The monoisotopic (exact) mass is 191 g/mol. The second-order valence-electron chi connectivity index (χ2n) is 3.13. The summed E-state index contributed by atoms with van der Waals surface area (Å²) in [5.41, 5.74) is 0.597. The average molecular weight is 191 g/mol. The number of hydrogen-bond acceptors (Lipinski definition) is 2. The number of carbonyl (C=O) groups is 1. The minimum absolute atomic E-state index is 0.241. The van der Waals surface area contributed by atoms with Crippen molar-refractivity contribution in [2.24, 2.45) is 0 Å². The lowest BCUT2D eigenvalue weighted by atomic mass is 10.2. The molecule has 0 aromatic heterocycles. The minimum atomic E-state index is -0.241. The van der Waals surface area contributed by atoms with E-state index in [0.29, 0.717) is 12.2 Å². The fourth-order valence-corrected chi connectivity index (χ4v) is 1.12. The van der Waals surface area contributed by atoms with Crippen LogP contribution in [0.25, 0.3) is 0 Å². The molecule has 1 rings (SSSR count). The van der Waals surface area contributed by atoms with Gasteiger partial charge in [-0.2, -0.15) is 0 Å². The summed E-state index contributed by atoms with van der Waals surface area (Å²) < 4.78 is 5.08. The van der Waals surface area contributed by atoms with Crippen LogP contribution in [-0.4, -0.2) is 12.6 Å². The van der Waals surface area contributed by atoms with Crippen molar-refractivity contribution in [2.75, 3.05) is 6.61 Å². The zero-order chi connectivity index (χ0) is 10.2. The zero-order valence-corrected chi connectivity index (χ0v) is 8.45. The molecular weight excluding hydrogens is 176 g/mol. The molecule has 0 spiro atoms. The van der Waals surface area contributed by atoms with Crippen molar-refractivity contribution in [1.29, 1.82) is 0 Å². The number of esters is 1. The summed E-state index contributed by atoms with van der Waals surface area (Å²) in [5, 5.41) is 0. The molecule has 0 heterocycles. The Kier molecular flexibility index (Phi) is 4.76. The van der Waals surface area contributed by atoms with Gasteiger partial charge in [0.2, 0.25) is 0 Å². The highest BCUT2D eigenvalue weighted by atomic mass is 16.5. The molecule has 75 valence electrons. The number of rotatable bonds is 5. The van der Waals surface area contributed by atoms with Gasteiger partial charge in [-0.1, -0.05) is 31.9 Å². The summed E-state index contributed by atoms with van der Waals surface area (Å²) in [6.45, 7) is 2.64. The Morgan fingerprint density at radius 3 is 2.71 bits per heavy atom. The van der Waals surface area contributed by atoms with Crippen molar-refractivity contribution in [1.82, 2.24) is 0 Å². The van der Waals surface area contributed by atoms with E-state index in [1.165, 1.54) is 0 Å². The summed E-state index contributed by atoms with van der Waals surface area (Å²) in [4.78, 5) is 11.4. The molecule has 0 aliphatic heterocycles. The van der Waals surface area contributed by atoms with Crippen LogP contribution in [-0.2, 0) is 4.74 Å². The Morgan fingerprint density at radius 1 is 1.36 bits per heavy atom. The molecule has 1 aromatic rings. The number of ether oxygens (including phenoxy) is 1. The molecule has 2 heteroatoms. The average Bonchev–Trinajstić information content (AvgIpc) is 2.25.